The van der Waals surface area contributed by atoms with Gasteiger partial charge in [0.1, 0.15) is 11.5 Å². The Morgan fingerprint density at radius 1 is 1.32 bits per heavy atom. The number of nitrogens with one attached hydrogen (secondary N) is 1. The molecule has 150 valence electrons. The second kappa shape index (κ2) is 7.18. The molecule has 0 aromatic heterocycles. The summed E-state index contributed by atoms with van der Waals surface area (Å²) in [6.45, 7) is 10.1. The van der Waals surface area contributed by atoms with Crippen LogP contribution in [0.3, 0.4) is 0 Å². The third kappa shape index (κ3) is 3.14. The maximum absolute atomic E-state index is 12.9. The van der Waals surface area contributed by atoms with Gasteiger partial charge in [-0.05, 0) is 42.9 Å². The van der Waals surface area contributed by atoms with E-state index in [9.17, 15) is 4.79 Å². The lowest BCUT2D eigenvalue weighted by molar-refractivity contribution is -0.117. The number of amides is 1. The minimum Gasteiger partial charge on any atom is -0.496 e. The zero-order valence-electron chi connectivity index (χ0n) is 17.3. The number of rotatable bonds is 7. The summed E-state index contributed by atoms with van der Waals surface area (Å²) in [7, 11) is 1.64. The van der Waals surface area contributed by atoms with E-state index in [-0.39, 0.29) is 5.91 Å². The van der Waals surface area contributed by atoms with Gasteiger partial charge in [-0.15, -0.1) is 11.8 Å². The van der Waals surface area contributed by atoms with Crippen molar-refractivity contribution in [3.63, 3.8) is 0 Å². The molecule has 0 spiro atoms. The summed E-state index contributed by atoms with van der Waals surface area (Å²) < 4.78 is 11.2. The molecule has 5 heteroatoms. The zero-order valence-corrected chi connectivity index (χ0v) is 18.1. The number of carbonyl (C=O) groups is 1. The predicted molar refractivity (Wildman–Crippen MR) is 114 cm³/mol. The maximum Gasteiger partial charge on any atom is 0.252 e. The first-order chi connectivity index (χ1) is 13.4. The minimum absolute atomic E-state index is 0.0109. The average molecular weight is 400 g/mol. The fraction of sp³-hybridized carbons (Fsp3) is 0.522. The Morgan fingerprint density at radius 3 is 2.82 bits per heavy atom. The molecule has 1 unspecified atom stereocenters. The standard InChI is InChI=1S/C23H29NO3S/c1-6-9-27-15-8-7-14(17(11-15)26-5)12-24-22(25)16-10-13(2)18-19-21(23(19,3)4)28-20(16)18/h7-8,10-11,18-19,21H,6,9,12H2,1-5H3,(H,24,25)/t18?,19-,21-/m1/s1. The van der Waals surface area contributed by atoms with Crippen LogP contribution in [0.1, 0.15) is 39.7 Å². The van der Waals surface area contributed by atoms with Crippen LogP contribution < -0.4 is 14.8 Å². The van der Waals surface area contributed by atoms with Crippen LogP contribution in [-0.2, 0) is 11.3 Å². The molecule has 4 nitrogen and oxygen atoms in total. The number of fused-ring (bicyclic) bond motifs is 3. The molecular formula is C23H29NO3S. The Labute approximate surface area is 171 Å². The van der Waals surface area contributed by atoms with Gasteiger partial charge in [-0.25, -0.2) is 0 Å². The first-order valence-electron chi connectivity index (χ1n) is 10.1. The lowest BCUT2D eigenvalue weighted by Gasteiger charge is -2.17. The van der Waals surface area contributed by atoms with Gasteiger partial charge in [0.05, 0.1) is 13.7 Å². The van der Waals surface area contributed by atoms with E-state index in [1.807, 2.05) is 30.0 Å². The van der Waals surface area contributed by atoms with Crippen LogP contribution in [0.4, 0.5) is 0 Å². The first-order valence-corrected chi connectivity index (χ1v) is 10.9. The van der Waals surface area contributed by atoms with Crippen molar-refractivity contribution in [3.8, 4) is 11.5 Å². The largest absolute Gasteiger partial charge is 0.496 e. The van der Waals surface area contributed by atoms with E-state index in [1.165, 1.54) is 10.5 Å². The Balaban J connectivity index is 1.44. The highest BCUT2D eigenvalue weighted by Crippen LogP contribution is 2.74. The Kier molecular flexibility index (Phi) is 4.98. The van der Waals surface area contributed by atoms with Gasteiger partial charge in [0.2, 0.25) is 0 Å². The fourth-order valence-electron chi connectivity index (χ4n) is 4.57. The number of carbonyl (C=O) groups excluding carboxylic acids is 1. The molecule has 1 aromatic rings. The molecule has 2 aliphatic carbocycles. The molecule has 1 aromatic carbocycles. The van der Waals surface area contributed by atoms with Gasteiger partial charge in [0, 0.05) is 39.8 Å². The van der Waals surface area contributed by atoms with Crippen molar-refractivity contribution in [1.29, 1.82) is 0 Å². The molecule has 0 bridgehead atoms. The van der Waals surface area contributed by atoms with E-state index in [1.54, 1.807) is 7.11 Å². The molecule has 1 heterocycles. The van der Waals surface area contributed by atoms with Crippen LogP contribution in [0.15, 0.2) is 40.3 Å². The average Bonchev–Trinajstić information content (AvgIpc) is 3.01. The first kappa shape index (κ1) is 19.4. The normalized spacial score (nSPS) is 26.5. The third-order valence-electron chi connectivity index (χ3n) is 6.25. The number of benzene rings is 1. The van der Waals surface area contributed by atoms with Crippen LogP contribution in [0.5, 0.6) is 11.5 Å². The highest BCUT2D eigenvalue weighted by atomic mass is 32.2. The lowest BCUT2D eigenvalue weighted by Crippen LogP contribution is -2.24. The summed E-state index contributed by atoms with van der Waals surface area (Å²) in [6.07, 6.45) is 3.05. The lowest BCUT2D eigenvalue weighted by atomic mass is 9.93. The maximum atomic E-state index is 12.9. The van der Waals surface area contributed by atoms with Gasteiger partial charge in [0.25, 0.3) is 5.91 Å². The van der Waals surface area contributed by atoms with Crippen LogP contribution >= 0.6 is 11.8 Å². The van der Waals surface area contributed by atoms with Gasteiger partial charge in [-0.2, -0.15) is 0 Å². The summed E-state index contributed by atoms with van der Waals surface area (Å²) in [5.74, 6) is 2.68. The number of methoxy groups -OCH3 is 1. The highest BCUT2D eigenvalue weighted by Gasteiger charge is 2.68. The molecule has 1 saturated heterocycles. The van der Waals surface area contributed by atoms with E-state index in [0.717, 1.165) is 29.1 Å². The molecule has 28 heavy (non-hydrogen) atoms. The number of hydrogen-bond donors (Lipinski definition) is 1. The van der Waals surface area contributed by atoms with E-state index in [2.05, 4.69) is 39.1 Å². The van der Waals surface area contributed by atoms with Gasteiger partial charge >= 0.3 is 0 Å². The number of ether oxygens (including phenoxy) is 2. The summed E-state index contributed by atoms with van der Waals surface area (Å²) in [5, 5.41) is 3.75. The zero-order chi connectivity index (χ0) is 20.1. The van der Waals surface area contributed by atoms with E-state index in [4.69, 9.17) is 9.47 Å². The van der Waals surface area contributed by atoms with Crippen molar-refractivity contribution in [2.24, 2.45) is 17.3 Å². The summed E-state index contributed by atoms with van der Waals surface area (Å²) in [4.78, 5) is 14.2. The van der Waals surface area contributed by atoms with E-state index < -0.39 is 0 Å². The molecule has 3 aliphatic rings. The summed E-state index contributed by atoms with van der Waals surface area (Å²) in [5.41, 5.74) is 3.54. The summed E-state index contributed by atoms with van der Waals surface area (Å²) >= 11 is 1.92. The van der Waals surface area contributed by atoms with E-state index >= 15 is 0 Å². The van der Waals surface area contributed by atoms with Crippen LogP contribution in [0, 0.1) is 17.3 Å². The molecule has 1 aliphatic heterocycles. The molecule has 1 saturated carbocycles. The van der Waals surface area contributed by atoms with Crippen molar-refractivity contribution in [3.05, 3.63) is 45.9 Å². The number of allylic oxidation sites excluding steroid dienone is 2. The molecular weight excluding hydrogens is 370 g/mol. The molecule has 1 N–H and O–H groups in total. The molecule has 3 atom stereocenters. The second-order valence-electron chi connectivity index (χ2n) is 8.53. The van der Waals surface area contributed by atoms with Gasteiger partial charge < -0.3 is 14.8 Å². The van der Waals surface area contributed by atoms with Crippen LogP contribution in [0.2, 0.25) is 0 Å². The smallest absolute Gasteiger partial charge is 0.252 e. The Morgan fingerprint density at radius 2 is 2.11 bits per heavy atom. The Hall–Kier alpha value is -1.88. The van der Waals surface area contributed by atoms with Gasteiger partial charge in [0.15, 0.2) is 0 Å². The van der Waals surface area contributed by atoms with Crippen molar-refractivity contribution in [2.45, 2.75) is 45.9 Å². The van der Waals surface area contributed by atoms with Crippen molar-refractivity contribution < 1.29 is 14.3 Å². The van der Waals surface area contributed by atoms with Crippen LogP contribution in [-0.4, -0.2) is 24.9 Å². The highest BCUT2D eigenvalue weighted by molar-refractivity contribution is 8.04. The predicted octanol–water partition coefficient (Wildman–Crippen LogP) is 4.70. The van der Waals surface area contributed by atoms with Crippen LogP contribution in [0.25, 0.3) is 0 Å². The molecule has 1 amide bonds. The van der Waals surface area contributed by atoms with Crippen molar-refractivity contribution >= 4 is 17.7 Å². The van der Waals surface area contributed by atoms with Crippen molar-refractivity contribution in [1.82, 2.24) is 5.32 Å². The topological polar surface area (TPSA) is 47.6 Å². The monoisotopic (exact) mass is 399 g/mol. The van der Waals surface area contributed by atoms with E-state index in [0.29, 0.717) is 35.7 Å². The number of hydrogen-bond acceptors (Lipinski definition) is 4. The fourth-order valence-corrected chi connectivity index (χ4v) is 6.64. The number of thioether (sulfide) groups is 1. The van der Waals surface area contributed by atoms with Gasteiger partial charge in [-0.3, -0.25) is 4.79 Å². The van der Waals surface area contributed by atoms with Crippen molar-refractivity contribution in [2.75, 3.05) is 13.7 Å². The quantitative estimate of drug-likeness (QED) is 0.722. The third-order valence-corrected chi connectivity index (χ3v) is 8.13. The Bertz CT molecular complexity index is 871. The second-order valence-corrected chi connectivity index (χ2v) is 9.72. The SMILES string of the molecule is CCCOc1ccc(CNC(=O)C2=C3S[C@@H]4[C@@H](C3C(C)=C2)C4(C)C)c(OC)c1. The molecule has 2 fully saturated rings. The molecule has 4 rings (SSSR count). The van der Waals surface area contributed by atoms with Gasteiger partial charge in [-0.1, -0.05) is 26.3 Å². The molecule has 0 radical (unpaired) electrons. The minimum atomic E-state index is 0.0109. The summed E-state index contributed by atoms with van der Waals surface area (Å²) in [6, 6.07) is 5.78.